The van der Waals surface area contributed by atoms with Gasteiger partial charge in [0.2, 0.25) is 0 Å². The molecule has 2 fully saturated rings. The van der Waals surface area contributed by atoms with Gasteiger partial charge >= 0.3 is 0 Å². The lowest BCUT2D eigenvalue weighted by Crippen LogP contribution is -2.44. The molecule has 3 aliphatic rings. The third kappa shape index (κ3) is 2.04. The monoisotopic (exact) mass is 250 g/mol. The SMILES string of the molecule is CC(C)(C)[Si](C)(C)O[C@H]1C=CC2CC2C2CC21. The Balaban J connectivity index is 1.71. The molecular weight excluding hydrogens is 224 g/mol. The molecule has 0 aromatic carbocycles. The fourth-order valence-electron chi connectivity index (χ4n) is 3.09. The molecule has 0 bridgehead atoms. The van der Waals surface area contributed by atoms with Gasteiger partial charge in [-0.25, -0.2) is 0 Å². The summed E-state index contributed by atoms with van der Waals surface area (Å²) in [6.07, 6.45) is 8.20. The van der Waals surface area contributed by atoms with Crippen LogP contribution in [0.3, 0.4) is 0 Å². The molecule has 96 valence electrons. The van der Waals surface area contributed by atoms with Crippen LogP contribution in [0.15, 0.2) is 12.2 Å². The van der Waals surface area contributed by atoms with Crippen molar-refractivity contribution in [1.29, 1.82) is 0 Å². The van der Waals surface area contributed by atoms with E-state index in [4.69, 9.17) is 4.43 Å². The molecule has 0 heterocycles. The smallest absolute Gasteiger partial charge is 0.192 e. The predicted octanol–water partition coefficient (Wildman–Crippen LogP) is 4.22. The molecule has 2 saturated carbocycles. The Morgan fingerprint density at radius 2 is 1.71 bits per heavy atom. The highest BCUT2D eigenvalue weighted by molar-refractivity contribution is 6.74. The highest BCUT2D eigenvalue weighted by atomic mass is 28.4. The Bertz CT molecular complexity index is 352. The molecule has 0 amide bonds. The molecular formula is C15H26OSi. The molecule has 0 aliphatic heterocycles. The van der Waals surface area contributed by atoms with Crippen molar-refractivity contribution in [3.63, 3.8) is 0 Å². The van der Waals surface area contributed by atoms with Crippen molar-refractivity contribution in [3.8, 4) is 0 Å². The minimum Gasteiger partial charge on any atom is -0.410 e. The Hall–Kier alpha value is -0.0831. The van der Waals surface area contributed by atoms with E-state index in [1.54, 1.807) is 0 Å². The minimum absolute atomic E-state index is 0.334. The molecule has 2 heteroatoms. The van der Waals surface area contributed by atoms with Crippen LogP contribution in [0.25, 0.3) is 0 Å². The zero-order valence-electron chi connectivity index (χ0n) is 11.9. The molecule has 17 heavy (non-hydrogen) atoms. The van der Waals surface area contributed by atoms with Crippen LogP contribution in [0, 0.1) is 23.7 Å². The summed E-state index contributed by atoms with van der Waals surface area (Å²) in [5, 5.41) is 0.334. The van der Waals surface area contributed by atoms with Crippen molar-refractivity contribution >= 4 is 8.32 Å². The van der Waals surface area contributed by atoms with Gasteiger partial charge in [0, 0.05) is 0 Å². The van der Waals surface area contributed by atoms with E-state index in [0.717, 1.165) is 23.7 Å². The average molecular weight is 250 g/mol. The van der Waals surface area contributed by atoms with Gasteiger partial charge in [-0.3, -0.25) is 0 Å². The topological polar surface area (TPSA) is 9.23 Å². The lowest BCUT2D eigenvalue weighted by Gasteiger charge is -2.38. The van der Waals surface area contributed by atoms with Gasteiger partial charge in [0.25, 0.3) is 0 Å². The first-order valence-corrected chi connectivity index (χ1v) is 10.1. The van der Waals surface area contributed by atoms with Gasteiger partial charge in [-0.15, -0.1) is 0 Å². The quantitative estimate of drug-likeness (QED) is 0.527. The molecule has 0 saturated heterocycles. The Morgan fingerprint density at radius 3 is 2.35 bits per heavy atom. The van der Waals surface area contributed by atoms with Gasteiger partial charge in [-0.05, 0) is 54.6 Å². The van der Waals surface area contributed by atoms with E-state index in [9.17, 15) is 0 Å². The summed E-state index contributed by atoms with van der Waals surface area (Å²) in [5.74, 6) is 3.81. The first kappa shape index (κ1) is 12.0. The van der Waals surface area contributed by atoms with Crippen molar-refractivity contribution in [2.24, 2.45) is 23.7 Å². The summed E-state index contributed by atoms with van der Waals surface area (Å²) in [6, 6.07) is 0. The summed E-state index contributed by atoms with van der Waals surface area (Å²) >= 11 is 0. The molecule has 0 radical (unpaired) electrons. The molecule has 3 rings (SSSR count). The first-order valence-electron chi connectivity index (χ1n) is 7.16. The molecule has 4 unspecified atom stereocenters. The third-order valence-corrected chi connectivity index (χ3v) is 10.0. The van der Waals surface area contributed by atoms with E-state index >= 15 is 0 Å². The predicted molar refractivity (Wildman–Crippen MR) is 74.4 cm³/mol. The van der Waals surface area contributed by atoms with Crippen molar-refractivity contribution in [3.05, 3.63) is 12.2 Å². The lowest BCUT2D eigenvalue weighted by molar-refractivity contribution is 0.196. The van der Waals surface area contributed by atoms with Crippen LogP contribution in [-0.4, -0.2) is 14.4 Å². The Morgan fingerprint density at radius 1 is 1.00 bits per heavy atom. The third-order valence-electron chi connectivity index (χ3n) is 5.54. The second-order valence-electron chi connectivity index (χ2n) is 7.85. The molecule has 0 aromatic rings. The van der Waals surface area contributed by atoms with E-state index in [-0.39, 0.29) is 0 Å². The number of fused-ring (bicyclic) bond motifs is 3. The van der Waals surface area contributed by atoms with Crippen molar-refractivity contribution in [2.45, 2.75) is 57.8 Å². The molecule has 5 atom stereocenters. The summed E-state index contributed by atoms with van der Waals surface area (Å²) in [6.45, 7) is 11.8. The van der Waals surface area contributed by atoms with Gasteiger partial charge < -0.3 is 4.43 Å². The van der Waals surface area contributed by atoms with E-state index in [0.29, 0.717) is 11.1 Å². The minimum atomic E-state index is -1.59. The number of allylic oxidation sites excluding steroid dienone is 1. The Labute approximate surface area is 107 Å². The Kier molecular flexibility index (Phi) is 2.45. The molecule has 0 N–H and O–H groups in total. The fraction of sp³-hybridized carbons (Fsp3) is 0.867. The van der Waals surface area contributed by atoms with Gasteiger partial charge in [-0.2, -0.15) is 0 Å². The molecule has 0 aromatic heterocycles. The van der Waals surface area contributed by atoms with Crippen LogP contribution in [-0.2, 0) is 4.43 Å². The molecule has 1 nitrogen and oxygen atoms in total. The van der Waals surface area contributed by atoms with Gasteiger partial charge in [0.05, 0.1) is 6.10 Å². The maximum Gasteiger partial charge on any atom is 0.192 e. The van der Waals surface area contributed by atoms with Crippen LogP contribution in [0.5, 0.6) is 0 Å². The average Bonchev–Trinajstić information content (AvgIpc) is 2.98. The van der Waals surface area contributed by atoms with Gasteiger partial charge in [0.15, 0.2) is 8.32 Å². The van der Waals surface area contributed by atoms with Crippen LogP contribution in [0.2, 0.25) is 18.1 Å². The normalized spacial score (nSPS) is 43.7. The van der Waals surface area contributed by atoms with Gasteiger partial charge in [0.1, 0.15) is 0 Å². The fourth-order valence-corrected chi connectivity index (χ4v) is 4.38. The highest BCUT2D eigenvalue weighted by Gasteiger charge is 2.57. The van der Waals surface area contributed by atoms with E-state index in [2.05, 4.69) is 46.0 Å². The maximum absolute atomic E-state index is 6.60. The van der Waals surface area contributed by atoms with Crippen molar-refractivity contribution in [1.82, 2.24) is 0 Å². The van der Waals surface area contributed by atoms with Crippen LogP contribution >= 0.6 is 0 Å². The molecule has 0 spiro atoms. The first-order chi connectivity index (χ1) is 7.79. The van der Waals surface area contributed by atoms with Crippen LogP contribution < -0.4 is 0 Å². The van der Waals surface area contributed by atoms with Crippen LogP contribution in [0.4, 0.5) is 0 Å². The zero-order chi connectivity index (χ0) is 12.4. The summed E-state index contributed by atoms with van der Waals surface area (Å²) in [4.78, 5) is 0. The van der Waals surface area contributed by atoms with E-state index in [1.807, 2.05) is 0 Å². The summed E-state index contributed by atoms with van der Waals surface area (Å²) in [7, 11) is -1.59. The number of hydrogen-bond acceptors (Lipinski definition) is 1. The standard InChI is InChI=1S/C15H26OSi/c1-15(2,3)17(4,5)16-14-7-6-10-8-11(10)12-9-13(12)14/h6-7,10-14H,8-9H2,1-5H3/t10?,11?,12?,13?,14-/m0/s1. The highest BCUT2D eigenvalue weighted by Crippen LogP contribution is 2.62. The second kappa shape index (κ2) is 3.48. The molecule has 3 aliphatic carbocycles. The van der Waals surface area contributed by atoms with Crippen LogP contribution in [0.1, 0.15) is 33.6 Å². The summed E-state index contributed by atoms with van der Waals surface area (Å²) < 4.78 is 6.60. The zero-order valence-corrected chi connectivity index (χ0v) is 12.9. The maximum atomic E-state index is 6.60. The number of rotatable bonds is 2. The van der Waals surface area contributed by atoms with Crippen molar-refractivity contribution in [2.75, 3.05) is 0 Å². The lowest BCUT2D eigenvalue weighted by atomic mass is 10.1. The van der Waals surface area contributed by atoms with E-state index in [1.165, 1.54) is 12.8 Å². The van der Waals surface area contributed by atoms with Gasteiger partial charge in [-0.1, -0.05) is 32.9 Å². The largest absolute Gasteiger partial charge is 0.410 e. The summed E-state index contributed by atoms with van der Waals surface area (Å²) in [5.41, 5.74) is 0. The number of hydrogen-bond donors (Lipinski definition) is 0. The van der Waals surface area contributed by atoms with E-state index < -0.39 is 8.32 Å². The second-order valence-corrected chi connectivity index (χ2v) is 12.6. The van der Waals surface area contributed by atoms with Crippen molar-refractivity contribution < 1.29 is 4.43 Å².